The molecule has 0 amide bonds. The van der Waals surface area contributed by atoms with E-state index >= 15 is 0 Å². The van der Waals surface area contributed by atoms with E-state index < -0.39 is 0 Å². The average Bonchev–Trinajstić information content (AvgIpc) is 2.60. The van der Waals surface area contributed by atoms with Crippen LogP contribution >= 0.6 is 0 Å². The van der Waals surface area contributed by atoms with Crippen LogP contribution in [0.15, 0.2) is 24.3 Å². The second kappa shape index (κ2) is 4.83. The molecule has 1 aliphatic carbocycles. The molecule has 0 bridgehead atoms. The number of carbonyl (C=O) groups is 1. The zero-order valence-electron chi connectivity index (χ0n) is 10.4. The maximum Gasteiger partial charge on any atom is 0.302 e. The number of methoxy groups -OCH3 is 1. The molecule has 90 valence electrons. The number of esters is 1. The number of hydrogen-bond donors (Lipinski definition) is 0. The van der Waals surface area contributed by atoms with Gasteiger partial charge in [-0.15, -0.1) is 0 Å². The molecular formula is C13H20O3. The van der Waals surface area contributed by atoms with Gasteiger partial charge in [-0.25, -0.2) is 0 Å². The number of rotatable bonds is 4. The van der Waals surface area contributed by atoms with Crippen molar-refractivity contribution in [2.75, 3.05) is 7.11 Å². The fraction of sp³-hybridized carbons (Fsp3) is 0.615. The van der Waals surface area contributed by atoms with Gasteiger partial charge in [-0.3, -0.25) is 4.79 Å². The van der Waals surface area contributed by atoms with Gasteiger partial charge in [0.2, 0.25) is 0 Å². The topological polar surface area (TPSA) is 35.5 Å². The lowest BCUT2D eigenvalue weighted by Gasteiger charge is -2.35. The molecule has 1 aliphatic rings. The van der Waals surface area contributed by atoms with Gasteiger partial charge in [-0.1, -0.05) is 18.7 Å². The van der Waals surface area contributed by atoms with E-state index in [0.29, 0.717) is 0 Å². The van der Waals surface area contributed by atoms with Gasteiger partial charge < -0.3 is 9.47 Å². The smallest absolute Gasteiger partial charge is 0.302 e. The second-order valence-corrected chi connectivity index (χ2v) is 4.58. The van der Waals surface area contributed by atoms with Crippen LogP contribution in [0.2, 0.25) is 0 Å². The first-order chi connectivity index (χ1) is 7.42. The van der Waals surface area contributed by atoms with Gasteiger partial charge in [0.05, 0.1) is 5.60 Å². The number of ether oxygens (including phenoxy) is 2. The molecule has 1 rings (SSSR count). The highest BCUT2D eigenvalue weighted by Crippen LogP contribution is 2.39. The highest BCUT2D eigenvalue weighted by atomic mass is 16.5. The molecule has 0 aliphatic heterocycles. The van der Waals surface area contributed by atoms with E-state index in [1.165, 1.54) is 6.92 Å². The first-order valence-corrected chi connectivity index (χ1v) is 5.47. The molecule has 0 spiro atoms. The van der Waals surface area contributed by atoms with E-state index in [0.717, 1.165) is 12.0 Å². The fourth-order valence-corrected chi connectivity index (χ4v) is 2.25. The summed E-state index contributed by atoms with van der Waals surface area (Å²) in [5, 5.41) is 0. The Morgan fingerprint density at radius 3 is 2.69 bits per heavy atom. The summed E-state index contributed by atoms with van der Waals surface area (Å²) in [7, 11) is 1.67. The monoisotopic (exact) mass is 224 g/mol. The van der Waals surface area contributed by atoms with Gasteiger partial charge in [-0.2, -0.15) is 0 Å². The van der Waals surface area contributed by atoms with E-state index in [2.05, 4.69) is 12.7 Å². The predicted molar refractivity (Wildman–Crippen MR) is 63.0 cm³/mol. The number of hydrogen-bond acceptors (Lipinski definition) is 3. The van der Waals surface area contributed by atoms with Gasteiger partial charge in [0, 0.05) is 26.4 Å². The Morgan fingerprint density at radius 2 is 2.25 bits per heavy atom. The lowest BCUT2D eigenvalue weighted by atomic mass is 9.83. The van der Waals surface area contributed by atoms with Crippen LogP contribution in [0.25, 0.3) is 0 Å². The van der Waals surface area contributed by atoms with Gasteiger partial charge >= 0.3 is 5.97 Å². The van der Waals surface area contributed by atoms with Crippen molar-refractivity contribution in [3.8, 4) is 0 Å². The molecule has 16 heavy (non-hydrogen) atoms. The van der Waals surface area contributed by atoms with Crippen molar-refractivity contribution in [2.45, 2.75) is 38.9 Å². The van der Waals surface area contributed by atoms with E-state index in [-0.39, 0.29) is 23.6 Å². The molecule has 3 heteroatoms. The Morgan fingerprint density at radius 1 is 1.62 bits per heavy atom. The molecule has 0 saturated carbocycles. The van der Waals surface area contributed by atoms with Crippen LogP contribution in [0.3, 0.4) is 0 Å². The molecular weight excluding hydrogens is 204 g/mol. The van der Waals surface area contributed by atoms with Crippen molar-refractivity contribution in [1.29, 1.82) is 0 Å². The summed E-state index contributed by atoms with van der Waals surface area (Å²) in [6, 6.07) is 0. The van der Waals surface area contributed by atoms with Gasteiger partial charge in [0.15, 0.2) is 0 Å². The molecule has 0 unspecified atom stereocenters. The van der Waals surface area contributed by atoms with Crippen LogP contribution in [0, 0.1) is 5.92 Å². The fourth-order valence-electron chi connectivity index (χ4n) is 2.25. The maximum absolute atomic E-state index is 11.0. The van der Waals surface area contributed by atoms with Crippen molar-refractivity contribution in [3.05, 3.63) is 24.3 Å². The Balaban J connectivity index is 2.91. The molecule has 0 aromatic rings. The van der Waals surface area contributed by atoms with Crippen LogP contribution in [-0.2, 0) is 14.3 Å². The molecule has 0 N–H and O–H groups in total. The van der Waals surface area contributed by atoms with Crippen LogP contribution in [0.1, 0.15) is 27.2 Å². The van der Waals surface area contributed by atoms with Crippen molar-refractivity contribution in [3.63, 3.8) is 0 Å². The summed E-state index contributed by atoms with van der Waals surface area (Å²) in [6.07, 6.45) is 4.47. The Bertz CT molecular complexity index is 315. The first kappa shape index (κ1) is 13.0. The molecule has 0 aromatic carbocycles. The second-order valence-electron chi connectivity index (χ2n) is 4.58. The van der Waals surface area contributed by atoms with E-state index in [4.69, 9.17) is 9.47 Å². The zero-order chi connectivity index (χ0) is 12.3. The lowest BCUT2D eigenvalue weighted by molar-refractivity contribution is -0.152. The minimum atomic E-state index is -0.364. The van der Waals surface area contributed by atoms with Gasteiger partial charge in [0.1, 0.15) is 6.10 Å². The summed E-state index contributed by atoms with van der Waals surface area (Å²) in [5.41, 5.74) is 0.731. The Labute approximate surface area is 97.1 Å². The van der Waals surface area contributed by atoms with Crippen molar-refractivity contribution in [1.82, 2.24) is 0 Å². The SMILES string of the molecule is C=CC1=CC[C@H](OC(C)=O)[C@H]1C(C)(C)OC. The maximum atomic E-state index is 11.0. The van der Waals surface area contributed by atoms with Crippen LogP contribution in [0.4, 0.5) is 0 Å². The van der Waals surface area contributed by atoms with E-state index in [1.54, 1.807) is 7.11 Å². The summed E-state index contributed by atoms with van der Waals surface area (Å²) < 4.78 is 10.8. The number of allylic oxidation sites excluding steroid dienone is 1. The molecule has 0 saturated heterocycles. The van der Waals surface area contributed by atoms with Crippen molar-refractivity contribution in [2.24, 2.45) is 5.92 Å². The van der Waals surface area contributed by atoms with E-state index in [1.807, 2.05) is 19.9 Å². The van der Waals surface area contributed by atoms with E-state index in [9.17, 15) is 4.79 Å². The Hall–Kier alpha value is -1.09. The summed E-state index contributed by atoms with van der Waals surface area (Å²) in [4.78, 5) is 11.0. The third-order valence-corrected chi connectivity index (χ3v) is 3.14. The third-order valence-electron chi connectivity index (χ3n) is 3.14. The third kappa shape index (κ3) is 2.53. The molecule has 0 aromatic heterocycles. The molecule has 2 atom stereocenters. The van der Waals surface area contributed by atoms with Crippen LogP contribution < -0.4 is 0 Å². The van der Waals surface area contributed by atoms with Crippen LogP contribution in [0.5, 0.6) is 0 Å². The standard InChI is InChI=1S/C13H20O3/c1-6-10-7-8-11(16-9(2)14)12(10)13(3,4)15-5/h6-7,11-12H,1,8H2,2-5H3/t11-,12-/m0/s1. The Kier molecular flexibility index (Phi) is 3.92. The molecule has 3 nitrogen and oxygen atoms in total. The predicted octanol–water partition coefficient (Wildman–Crippen LogP) is 2.48. The molecule has 0 fully saturated rings. The summed E-state index contributed by atoms with van der Waals surface area (Å²) in [6.45, 7) is 9.22. The average molecular weight is 224 g/mol. The van der Waals surface area contributed by atoms with Crippen LogP contribution in [-0.4, -0.2) is 24.8 Å². The molecule has 0 radical (unpaired) electrons. The minimum absolute atomic E-state index is 0.0545. The number of carbonyl (C=O) groups excluding carboxylic acids is 1. The van der Waals surface area contributed by atoms with Gasteiger partial charge in [-0.05, 0) is 19.4 Å². The molecule has 0 heterocycles. The van der Waals surface area contributed by atoms with Gasteiger partial charge in [0.25, 0.3) is 0 Å². The van der Waals surface area contributed by atoms with Crippen molar-refractivity contribution >= 4 is 5.97 Å². The summed E-state index contributed by atoms with van der Waals surface area (Å²) in [5.74, 6) is -0.195. The highest BCUT2D eigenvalue weighted by Gasteiger charge is 2.42. The lowest BCUT2D eigenvalue weighted by Crippen LogP contribution is -2.41. The largest absolute Gasteiger partial charge is 0.461 e. The normalized spacial score (nSPS) is 25.1. The summed E-state index contributed by atoms with van der Waals surface area (Å²) >= 11 is 0. The minimum Gasteiger partial charge on any atom is -0.461 e. The highest BCUT2D eigenvalue weighted by molar-refractivity contribution is 5.66. The first-order valence-electron chi connectivity index (χ1n) is 5.47. The van der Waals surface area contributed by atoms with Crippen molar-refractivity contribution < 1.29 is 14.3 Å². The zero-order valence-corrected chi connectivity index (χ0v) is 10.4. The quantitative estimate of drug-likeness (QED) is 0.688.